The van der Waals surface area contributed by atoms with E-state index in [0.717, 1.165) is 42.7 Å². The van der Waals surface area contributed by atoms with Crippen molar-refractivity contribution in [3.05, 3.63) is 59.2 Å². The van der Waals surface area contributed by atoms with Crippen LogP contribution >= 0.6 is 12.4 Å². The first kappa shape index (κ1) is 20.8. The number of nitrogens with two attached hydrogens (primary N) is 1. The number of likely N-dealkylation sites (tertiary alicyclic amines) is 1. The van der Waals surface area contributed by atoms with E-state index in [4.69, 9.17) is 5.73 Å². The van der Waals surface area contributed by atoms with Crippen LogP contribution in [-0.4, -0.2) is 29.8 Å². The highest BCUT2D eigenvalue weighted by molar-refractivity contribution is 5.96. The molecule has 2 amide bonds. The zero-order valence-corrected chi connectivity index (χ0v) is 16.3. The van der Waals surface area contributed by atoms with Gasteiger partial charge in [-0.1, -0.05) is 18.2 Å². The Labute approximate surface area is 166 Å². The molecule has 1 heterocycles. The molecule has 0 radical (unpaired) electrons. The first-order valence-electron chi connectivity index (χ1n) is 9.08. The van der Waals surface area contributed by atoms with Crippen LogP contribution in [0.25, 0.3) is 0 Å². The van der Waals surface area contributed by atoms with Crippen LogP contribution in [0.1, 0.15) is 40.7 Å². The fourth-order valence-electron chi connectivity index (χ4n) is 3.26. The van der Waals surface area contributed by atoms with Crippen LogP contribution in [-0.2, 0) is 11.2 Å². The number of hydrogen-bond acceptors (Lipinski definition) is 3. The average molecular weight is 388 g/mol. The van der Waals surface area contributed by atoms with Crippen molar-refractivity contribution in [1.82, 2.24) is 4.90 Å². The molecule has 0 spiro atoms. The lowest BCUT2D eigenvalue weighted by atomic mass is 10.1. The van der Waals surface area contributed by atoms with Gasteiger partial charge in [0, 0.05) is 36.4 Å². The number of nitrogens with zero attached hydrogens (tertiary/aromatic N) is 1. The summed E-state index contributed by atoms with van der Waals surface area (Å²) in [5.41, 5.74) is 9.92. The van der Waals surface area contributed by atoms with Crippen LogP contribution in [0.3, 0.4) is 0 Å². The van der Waals surface area contributed by atoms with Crippen molar-refractivity contribution in [2.24, 2.45) is 0 Å². The first-order valence-corrected chi connectivity index (χ1v) is 9.08. The minimum Gasteiger partial charge on any atom is -0.399 e. The predicted molar refractivity (Wildman–Crippen MR) is 111 cm³/mol. The Bertz CT molecular complexity index is 817. The van der Waals surface area contributed by atoms with Crippen molar-refractivity contribution in [1.29, 1.82) is 0 Å². The van der Waals surface area contributed by atoms with Gasteiger partial charge in [-0.2, -0.15) is 0 Å². The Morgan fingerprint density at radius 3 is 2.48 bits per heavy atom. The van der Waals surface area contributed by atoms with E-state index in [0.29, 0.717) is 24.1 Å². The minimum atomic E-state index is -0.0602. The Morgan fingerprint density at radius 2 is 1.81 bits per heavy atom. The summed E-state index contributed by atoms with van der Waals surface area (Å²) >= 11 is 0. The second-order valence-electron chi connectivity index (χ2n) is 6.78. The fraction of sp³-hybridized carbons (Fsp3) is 0.333. The van der Waals surface area contributed by atoms with Gasteiger partial charge in [0.15, 0.2) is 0 Å². The van der Waals surface area contributed by atoms with Crippen LogP contribution < -0.4 is 11.1 Å². The van der Waals surface area contributed by atoms with E-state index in [1.807, 2.05) is 48.2 Å². The van der Waals surface area contributed by atoms with E-state index in [1.54, 1.807) is 6.07 Å². The second kappa shape index (κ2) is 9.42. The number of rotatable bonds is 5. The number of hydrogen-bond donors (Lipinski definition) is 2. The van der Waals surface area contributed by atoms with Gasteiger partial charge in [-0.3, -0.25) is 9.59 Å². The van der Waals surface area contributed by atoms with E-state index in [2.05, 4.69) is 5.32 Å². The molecule has 2 aromatic rings. The summed E-state index contributed by atoms with van der Waals surface area (Å²) in [5, 5.41) is 2.93. The number of carbonyl (C=O) groups is 2. The molecule has 1 saturated heterocycles. The quantitative estimate of drug-likeness (QED) is 0.766. The van der Waals surface area contributed by atoms with Crippen molar-refractivity contribution in [3.8, 4) is 0 Å². The van der Waals surface area contributed by atoms with Gasteiger partial charge in [-0.15, -0.1) is 12.4 Å². The molecule has 0 unspecified atom stereocenters. The molecular formula is C21H26ClN3O2. The maximum absolute atomic E-state index is 12.5. The molecule has 144 valence electrons. The SMILES string of the molecule is Cc1cc(C(=O)N2CCCC2)ccc1NC(=O)CCc1ccccc1N.Cl. The average Bonchev–Trinajstić information content (AvgIpc) is 3.17. The van der Waals surface area contributed by atoms with Gasteiger partial charge < -0.3 is 16.0 Å². The molecule has 5 nitrogen and oxygen atoms in total. The summed E-state index contributed by atoms with van der Waals surface area (Å²) in [6.07, 6.45) is 3.11. The van der Waals surface area contributed by atoms with Crippen molar-refractivity contribution in [2.45, 2.75) is 32.6 Å². The van der Waals surface area contributed by atoms with Crippen LogP contribution in [0, 0.1) is 6.92 Å². The van der Waals surface area contributed by atoms with Crippen LogP contribution in [0.5, 0.6) is 0 Å². The Hall–Kier alpha value is -2.53. The minimum absolute atomic E-state index is 0. The number of halogens is 1. The zero-order valence-electron chi connectivity index (χ0n) is 15.5. The smallest absolute Gasteiger partial charge is 0.253 e. The number of aryl methyl sites for hydroxylation is 2. The molecule has 3 rings (SSSR count). The van der Waals surface area contributed by atoms with Gasteiger partial charge in [-0.05, 0) is 61.6 Å². The number of carbonyl (C=O) groups excluding carboxylic acids is 2. The normalized spacial score (nSPS) is 13.1. The number of para-hydroxylation sites is 1. The van der Waals surface area contributed by atoms with Crippen molar-refractivity contribution < 1.29 is 9.59 Å². The van der Waals surface area contributed by atoms with Crippen LogP contribution in [0.4, 0.5) is 11.4 Å². The molecule has 1 fully saturated rings. The lowest BCUT2D eigenvalue weighted by Crippen LogP contribution is -2.27. The van der Waals surface area contributed by atoms with Gasteiger partial charge in [0.05, 0.1) is 0 Å². The van der Waals surface area contributed by atoms with Crippen molar-refractivity contribution in [3.63, 3.8) is 0 Å². The molecule has 0 bridgehead atoms. The lowest BCUT2D eigenvalue weighted by molar-refractivity contribution is -0.116. The highest BCUT2D eigenvalue weighted by atomic mass is 35.5. The van der Waals surface area contributed by atoms with Crippen LogP contribution in [0.2, 0.25) is 0 Å². The third-order valence-corrected chi connectivity index (χ3v) is 4.82. The number of nitrogens with one attached hydrogen (secondary N) is 1. The van der Waals surface area contributed by atoms with E-state index >= 15 is 0 Å². The molecule has 1 aliphatic rings. The molecular weight excluding hydrogens is 362 g/mol. The lowest BCUT2D eigenvalue weighted by Gasteiger charge is -2.16. The number of anilines is 2. The van der Waals surface area contributed by atoms with Gasteiger partial charge in [0.1, 0.15) is 0 Å². The van der Waals surface area contributed by atoms with Crippen LogP contribution in [0.15, 0.2) is 42.5 Å². The molecule has 0 aromatic heterocycles. The van der Waals surface area contributed by atoms with Gasteiger partial charge >= 0.3 is 0 Å². The Morgan fingerprint density at radius 1 is 1.11 bits per heavy atom. The number of benzene rings is 2. The van der Waals surface area contributed by atoms with Crippen molar-refractivity contribution >= 4 is 35.6 Å². The topological polar surface area (TPSA) is 75.4 Å². The number of nitrogen functional groups attached to an aromatic ring is 1. The summed E-state index contributed by atoms with van der Waals surface area (Å²) in [5.74, 6) is 0.0120. The third kappa shape index (κ3) is 5.23. The highest BCUT2D eigenvalue weighted by Crippen LogP contribution is 2.20. The molecule has 27 heavy (non-hydrogen) atoms. The van der Waals surface area contributed by atoms with Gasteiger partial charge in [0.2, 0.25) is 5.91 Å². The molecule has 1 aliphatic heterocycles. The molecule has 0 aliphatic carbocycles. The summed E-state index contributed by atoms with van der Waals surface area (Å²) < 4.78 is 0. The largest absolute Gasteiger partial charge is 0.399 e. The van der Waals surface area contributed by atoms with Crippen molar-refractivity contribution in [2.75, 3.05) is 24.1 Å². The maximum atomic E-state index is 12.5. The van der Waals surface area contributed by atoms with E-state index in [1.165, 1.54) is 0 Å². The first-order chi connectivity index (χ1) is 12.5. The standard InChI is InChI=1S/C21H25N3O2.ClH/c1-15-14-17(21(26)24-12-4-5-13-24)8-10-19(15)23-20(25)11-9-16-6-2-3-7-18(16)22;/h2-3,6-8,10,14H,4-5,9,11-13,22H2,1H3,(H,23,25);1H. The second-order valence-corrected chi connectivity index (χ2v) is 6.78. The van der Waals surface area contributed by atoms with E-state index in [-0.39, 0.29) is 24.2 Å². The predicted octanol–water partition coefficient (Wildman–Crippen LogP) is 3.81. The number of amides is 2. The maximum Gasteiger partial charge on any atom is 0.253 e. The Kier molecular flexibility index (Phi) is 7.25. The molecule has 6 heteroatoms. The summed E-state index contributed by atoms with van der Waals surface area (Å²) in [7, 11) is 0. The molecule has 0 saturated carbocycles. The molecule has 0 atom stereocenters. The summed E-state index contributed by atoms with van der Waals surface area (Å²) in [6, 6.07) is 13.0. The van der Waals surface area contributed by atoms with E-state index in [9.17, 15) is 9.59 Å². The molecule has 3 N–H and O–H groups in total. The summed E-state index contributed by atoms with van der Waals surface area (Å²) in [6.45, 7) is 3.57. The highest BCUT2D eigenvalue weighted by Gasteiger charge is 2.20. The van der Waals surface area contributed by atoms with Gasteiger partial charge in [-0.25, -0.2) is 0 Å². The van der Waals surface area contributed by atoms with Gasteiger partial charge in [0.25, 0.3) is 5.91 Å². The monoisotopic (exact) mass is 387 g/mol. The van der Waals surface area contributed by atoms with E-state index < -0.39 is 0 Å². The molecule has 2 aromatic carbocycles. The Balaban J connectivity index is 0.00000261. The fourth-order valence-corrected chi connectivity index (χ4v) is 3.26. The zero-order chi connectivity index (χ0) is 18.5. The third-order valence-electron chi connectivity index (χ3n) is 4.82. The summed E-state index contributed by atoms with van der Waals surface area (Å²) in [4.78, 5) is 26.6.